The Hall–Kier alpha value is -2.04. The normalized spacial score (nSPS) is 15.2. The molecule has 22 heavy (non-hydrogen) atoms. The van der Waals surface area contributed by atoms with Crippen molar-refractivity contribution in [3.63, 3.8) is 0 Å². The van der Waals surface area contributed by atoms with Crippen LogP contribution in [0.5, 0.6) is 11.5 Å². The molecule has 120 valence electrons. The molecule has 1 N–H and O–H groups in total. The molecule has 0 atom stereocenters. The topological polar surface area (TPSA) is 64.6 Å². The van der Waals surface area contributed by atoms with Crippen molar-refractivity contribution in [1.29, 1.82) is 0 Å². The van der Waals surface area contributed by atoms with E-state index in [1.807, 2.05) is 0 Å². The smallest absolute Gasteiger partial charge is 0.258 e. The Morgan fingerprint density at radius 3 is 2.55 bits per heavy atom. The number of hydrogen-bond donors (Lipinski definition) is 1. The van der Waals surface area contributed by atoms with Gasteiger partial charge in [-0.25, -0.2) is 0 Å². The van der Waals surface area contributed by atoms with Gasteiger partial charge >= 0.3 is 0 Å². The van der Waals surface area contributed by atoms with Gasteiger partial charge in [-0.2, -0.15) is 0 Å². The molecule has 0 radical (unpaired) electrons. The molecule has 1 aromatic carbocycles. The Labute approximate surface area is 131 Å². The molecule has 1 fully saturated rings. The Kier molecular flexibility index (Phi) is 5.81. The molecule has 1 saturated carbocycles. The van der Waals surface area contributed by atoms with E-state index in [1.165, 1.54) is 33.3 Å². The first-order valence-corrected chi connectivity index (χ1v) is 7.71. The van der Waals surface area contributed by atoms with Gasteiger partial charge in [0.15, 0.2) is 23.9 Å². The fourth-order valence-corrected chi connectivity index (χ4v) is 2.67. The van der Waals surface area contributed by atoms with Crippen LogP contribution in [0.1, 0.15) is 49.4 Å². The number of carbonyl (C=O) groups excluding carboxylic acids is 2. The molecule has 0 aliphatic heterocycles. The zero-order valence-electron chi connectivity index (χ0n) is 13.2. The summed E-state index contributed by atoms with van der Waals surface area (Å²) in [7, 11) is 1.51. The second kappa shape index (κ2) is 7.82. The number of benzene rings is 1. The van der Waals surface area contributed by atoms with E-state index in [4.69, 9.17) is 9.47 Å². The van der Waals surface area contributed by atoms with Crippen LogP contribution in [-0.4, -0.2) is 31.4 Å². The average Bonchev–Trinajstić information content (AvgIpc) is 2.53. The number of hydrogen-bond acceptors (Lipinski definition) is 4. The van der Waals surface area contributed by atoms with Gasteiger partial charge in [-0.3, -0.25) is 9.59 Å². The van der Waals surface area contributed by atoms with Crippen LogP contribution >= 0.6 is 0 Å². The zero-order chi connectivity index (χ0) is 15.9. The number of rotatable bonds is 6. The summed E-state index contributed by atoms with van der Waals surface area (Å²) in [6.45, 7) is 1.44. The molecule has 0 saturated heterocycles. The highest BCUT2D eigenvalue weighted by Gasteiger charge is 2.16. The molecule has 1 aromatic rings. The van der Waals surface area contributed by atoms with Gasteiger partial charge in [0.25, 0.3) is 5.91 Å². The Balaban J connectivity index is 1.90. The second-order valence-electron chi connectivity index (χ2n) is 5.61. The predicted molar refractivity (Wildman–Crippen MR) is 83.5 cm³/mol. The molecule has 5 heteroatoms. The average molecular weight is 305 g/mol. The van der Waals surface area contributed by atoms with E-state index < -0.39 is 0 Å². The summed E-state index contributed by atoms with van der Waals surface area (Å²) in [6, 6.07) is 5.21. The van der Waals surface area contributed by atoms with Crippen molar-refractivity contribution in [3.8, 4) is 11.5 Å². The van der Waals surface area contributed by atoms with Crippen LogP contribution in [0.4, 0.5) is 0 Å². The van der Waals surface area contributed by atoms with Crippen molar-refractivity contribution in [3.05, 3.63) is 23.8 Å². The fraction of sp³-hybridized carbons (Fsp3) is 0.529. The van der Waals surface area contributed by atoms with E-state index in [2.05, 4.69) is 5.32 Å². The highest BCUT2D eigenvalue weighted by Crippen LogP contribution is 2.28. The van der Waals surface area contributed by atoms with Gasteiger partial charge in [0.1, 0.15) is 0 Å². The summed E-state index contributed by atoms with van der Waals surface area (Å²) in [4.78, 5) is 23.3. The van der Waals surface area contributed by atoms with Crippen LogP contribution in [0.2, 0.25) is 0 Å². The lowest BCUT2D eigenvalue weighted by Crippen LogP contribution is -2.39. The van der Waals surface area contributed by atoms with E-state index >= 15 is 0 Å². The van der Waals surface area contributed by atoms with Crippen molar-refractivity contribution in [1.82, 2.24) is 5.32 Å². The van der Waals surface area contributed by atoms with E-state index in [9.17, 15) is 9.59 Å². The third kappa shape index (κ3) is 4.48. The number of ether oxygens (including phenoxy) is 2. The predicted octanol–water partition coefficient (Wildman–Crippen LogP) is 2.73. The van der Waals surface area contributed by atoms with Crippen LogP contribution in [0.3, 0.4) is 0 Å². The molecule has 0 bridgehead atoms. The Morgan fingerprint density at radius 2 is 1.91 bits per heavy atom. The summed E-state index contributed by atoms with van der Waals surface area (Å²) in [5, 5.41) is 3.00. The molecule has 0 aromatic heterocycles. The summed E-state index contributed by atoms with van der Waals surface area (Å²) >= 11 is 0. The highest BCUT2D eigenvalue weighted by molar-refractivity contribution is 5.94. The van der Waals surface area contributed by atoms with E-state index in [-0.39, 0.29) is 24.3 Å². The minimum atomic E-state index is -0.121. The third-order valence-corrected chi connectivity index (χ3v) is 3.90. The second-order valence-corrected chi connectivity index (χ2v) is 5.61. The quantitative estimate of drug-likeness (QED) is 0.821. The van der Waals surface area contributed by atoms with Crippen LogP contribution in [-0.2, 0) is 4.79 Å². The Morgan fingerprint density at radius 1 is 1.18 bits per heavy atom. The molecule has 0 heterocycles. The summed E-state index contributed by atoms with van der Waals surface area (Å²) < 4.78 is 10.7. The SMILES string of the molecule is COc1cc(C(C)=O)ccc1OCC(=O)NC1CCCCC1. The number of carbonyl (C=O) groups is 2. The number of ketones is 1. The molecule has 1 aliphatic rings. The van der Waals surface area contributed by atoms with Gasteiger partial charge < -0.3 is 14.8 Å². The number of methoxy groups -OCH3 is 1. The van der Waals surface area contributed by atoms with Crippen LogP contribution in [0.15, 0.2) is 18.2 Å². The highest BCUT2D eigenvalue weighted by atomic mass is 16.5. The maximum atomic E-state index is 11.9. The van der Waals surface area contributed by atoms with Crippen molar-refractivity contribution in [2.75, 3.05) is 13.7 Å². The summed E-state index contributed by atoms with van der Waals surface area (Å²) in [6.07, 6.45) is 5.69. The lowest BCUT2D eigenvalue weighted by molar-refractivity contribution is -0.124. The first-order chi connectivity index (χ1) is 10.6. The maximum absolute atomic E-state index is 11.9. The molecule has 1 amide bonds. The summed E-state index contributed by atoms with van der Waals surface area (Å²) in [5.74, 6) is 0.758. The van der Waals surface area contributed by atoms with Gasteiger partial charge in [-0.05, 0) is 38.0 Å². The van der Waals surface area contributed by atoms with Gasteiger partial charge in [-0.1, -0.05) is 19.3 Å². The lowest BCUT2D eigenvalue weighted by atomic mass is 9.95. The van der Waals surface area contributed by atoms with E-state index in [1.54, 1.807) is 18.2 Å². The first kappa shape index (κ1) is 16.3. The minimum Gasteiger partial charge on any atom is -0.493 e. The number of nitrogens with one attached hydrogen (secondary N) is 1. The van der Waals surface area contributed by atoms with E-state index in [0.29, 0.717) is 17.1 Å². The van der Waals surface area contributed by atoms with E-state index in [0.717, 1.165) is 12.8 Å². The maximum Gasteiger partial charge on any atom is 0.258 e. The molecular weight excluding hydrogens is 282 g/mol. The molecule has 2 rings (SSSR count). The monoisotopic (exact) mass is 305 g/mol. The fourth-order valence-electron chi connectivity index (χ4n) is 2.67. The lowest BCUT2D eigenvalue weighted by Gasteiger charge is -2.22. The van der Waals surface area contributed by atoms with Crippen molar-refractivity contribution < 1.29 is 19.1 Å². The van der Waals surface area contributed by atoms with Gasteiger partial charge in [0.2, 0.25) is 0 Å². The molecule has 5 nitrogen and oxygen atoms in total. The van der Waals surface area contributed by atoms with Crippen LogP contribution < -0.4 is 14.8 Å². The van der Waals surface area contributed by atoms with Crippen LogP contribution in [0, 0.1) is 0 Å². The number of amides is 1. The van der Waals surface area contributed by atoms with Crippen molar-refractivity contribution in [2.24, 2.45) is 0 Å². The summed E-state index contributed by atoms with van der Waals surface area (Å²) in [5.41, 5.74) is 0.552. The van der Waals surface area contributed by atoms with Gasteiger partial charge in [0.05, 0.1) is 7.11 Å². The van der Waals surface area contributed by atoms with Crippen molar-refractivity contribution >= 4 is 11.7 Å². The molecule has 0 spiro atoms. The van der Waals surface area contributed by atoms with Crippen molar-refractivity contribution in [2.45, 2.75) is 45.1 Å². The molecule has 0 unspecified atom stereocenters. The standard InChI is InChI=1S/C17H23NO4/c1-12(19)13-8-9-15(16(10-13)21-2)22-11-17(20)18-14-6-4-3-5-7-14/h8-10,14H,3-7,11H2,1-2H3,(H,18,20). The molecular formula is C17H23NO4. The first-order valence-electron chi connectivity index (χ1n) is 7.71. The number of Topliss-reactive ketones (excluding diaryl/α,β-unsaturated/α-hetero) is 1. The van der Waals surface area contributed by atoms with Gasteiger partial charge in [-0.15, -0.1) is 0 Å². The van der Waals surface area contributed by atoms with Gasteiger partial charge in [0, 0.05) is 11.6 Å². The zero-order valence-corrected chi connectivity index (χ0v) is 13.2. The third-order valence-electron chi connectivity index (χ3n) is 3.90. The Bertz CT molecular complexity index is 535. The largest absolute Gasteiger partial charge is 0.493 e. The van der Waals surface area contributed by atoms with Crippen LogP contribution in [0.25, 0.3) is 0 Å². The molecule has 1 aliphatic carbocycles. The minimum absolute atomic E-state index is 0.0418.